The van der Waals surface area contributed by atoms with Crippen LogP contribution in [0.2, 0.25) is 0 Å². The maximum absolute atomic E-state index is 11.7. The number of nitrogens with one attached hydrogen (secondary N) is 2. The second kappa shape index (κ2) is 6.05. The van der Waals surface area contributed by atoms with Crippen molar-refractivity contribution in [2.24, 2.45) is 5.10 Å². The number of carbonyl (C=O) groups excluding carboxylic acids is 2. The standard InChI is InChI=1S/C11H17N3O2S/c15-10-5-4-9(13-14-10)11(16)12-7-8-3-1-2-6-17-8/h8H,1-7H2,(H,12,16)(H,14,15). The van der Waals surface area contributed by atoms with Gasteiger partial charge in [0.1, 0.15) is 5.71 Å². The van der Waals surface area contributed by atoms with Crippen LogP contribution in [0, 0.1) is 0 Å². The van der Waals surface area contributed by atoms with Gasteiger partial charge in [0.15, 0.2) is 0 Å². The number of carbonyl (C=O) groups is 2. The van der Waals surface area contributed by atoms with Gasteiger partial charge in [0.05, 0.1) is 0 Å². The quantitative estimate of drug-likeness (QED) is 0.778. The van der Waals surface area contributed by atoms with E-state index in [1.807, 2.05) is 11.8 Å². The lowest BCUT2D eigenvalue weighted by atomic mass is 10.1. The van der Waals surface area contributed by atoms with Gasteiger partial charge in [-0.3, -0.25) is 9.59 Å². The summed E-state index contributed by atoms with van der Waals surface area (Å²) in [5, 5.41) is 7.20. The van der Waals surface area contributed by atoms with Crippen LogP contribution < -0.4 is 10.7 Å². The van der Waals surface area contributed by atoms with Gasteiger partial charge in [-0.1, -0.05) is 6.42 Å². The second-order valence-corrected chi connectivity index (χ2v) is 5.70. The molecule has 2 heterocycles. The van der Waals surface area contributed by atoms with Crippen molar-refractivity contribution in [1.29, 1.82) is 0 Å². The number of hydrogen-bond acceptors (Lipinski definition) is 4. The molecule has 5 nitrogen and oxygen atoms in total. The molecular formula is C11H17N3O2S. The predicted molar refractivity (Wildman–Crippen MR) is 67.9 cm³/mol. The van der Waals surface area contributed by atoms with E-state index in [0.717, 1.165) is 0 Å². The number of rotatable bonds is 3. The number of hydrazone groups is 1. The third-order valence-electron chi connectivity index (χ3n) is 2.93. The molecule has 2 N–H and O–H groups in total. The van der Waals surface area contributed by atoms with E-state index in [0.29, 0.717) is 30.3 Å². The number of nitrogens with zero attached hydrogens (tertiary/aromatic N) is 1. The first-order valence-electron chi connectivity index (χ1n) is 6.01. The zero-order valence-electron chi connectivity index (χ0n) is 9.70. The second-order valence-electron chi connectivity index (χ2n) is 4.29. The number of thioether (sulfide) groups is 1. The Morgan fingerprint density at radius 2 is 2.35 bits per heavy atom. The summed E-state index contributed by atoms with van der Waals surface area (Å²) < 4.78 is 0. The first kappa shape index (κ1) is 12.4. The molecule has 2 amide bonds. The number of hydrogen-bond donors (Lipinski definition) is 2. The average molecular weight is 255 g/mol. The minimum absolute atomic E-state index is 0.121. The van der Waals surface area contributed by atoms with Crippen molar-refractivity contribution in [2.45, 2.75) is 37.4 Å². The van der Waals surface area contributed by atoms with Gasteiger partial charge in [-0.15, -0.1) is 0 Å². The van der Waals surface area contributed by atoms with Gasteiger partial charge >= 0.3 is 0 Å². The smallest absolute Gasteiger partial charge is 0.267 e. The maximum atomic E-state index is 11.7. The normalized spacial score (nSPS) is 24.8. The summed E-state index contributed by atoms with van der Waals surface area (Å²) in [6, 6.07) is 0. The lowest BCUT2D eigenvalue weighted by molar-refractivity contribution is -0.121. The molecule has 2 aliphatic rings. The highest BCUT2D eigenvalue weighted by atomic mass is 32.2. The molecule has 17 heavy (non-hydrogen) atoms. The third kappa shape index (κ3) is 3.73. The van der Waals surface area contributed by atoms with E-state index in [1.165, 1.54) is 25.0 Å². The lowest BCUT2D eigenvalue weighted by Gasteiger charge is -2.21. The molecule has 0 saturated carbocycles. The SMILES string of the molecule is O=C1CCC(C(=O)NCC2CCCCS2)=NN1. The first-order chi connectivity index (χ1) is 8.25. The van der Waals surface area contributed by atoms with E-state index >= 15 is 0 Å². The molecule has 0 aromatic carbocycles. The summed E-state index contributed by atoms with van der Waals surface area (Å²) in [6.45, 7) is 0.705. The largest absolute Gasteiger partial charge is 0.350 e. The van der Waals surface area contributed by atoms with E-state index in [9.17, 15) is 9.59 Å². The van der Waals surface area contributed by atoms with Gasteiger partial charge in [-0.05, 0) is 18.6 Å². The average Bonchev–Trinajstić information content (AvgIpc) is 2.38. The van der Waals surface area contributed by atoms with Crippen molar-refractivity contribution in [3.05, 3.63) is 0 Å². The monoisotopic (exact) mass is 255 g/mol. The van der Waals surface area contributed by atoms with Crippen molar-refractivity contribution in [3.63, 3.8) is 0 Å². The van der Waals surface area contributed by atoms with Crippen molar-refractivity contribution >= 4 is 29.3 Å². The molecule has 2 rings (SSSR count). The molecule has 2 aliphatic heterocycles. The molecule has 1 atom stereocenters. The lowest BCUT2D eigenvalue weighted by Crippen LogP contribution is -2.39. The summed E-state index contributed by atoms with van der Waals surface area (Å²) in [5.41, 5.74) is 2.77. The molecule has 6 heteroatoms. The first-order valence-corrected chi connectivity index (χ1v) is 7.06. The van der Waals surface area contributed by atoms with E-state index in [4.69, 9.17) is 0 Å². The van der Waals surface area contributed by atoms with Crippen LogP contribution in [0.1, 0.15) is 32.1 Å². The topological polar surface area (TPSA) is 70.6 Å². The molecule has 1 fully saturated rings. The molecule has 0 aliphatic carbocycles. The van der Waals surface area contributed by atoms with Crippen molar-refractivity contribution < 1.29 is 9.59 Å². The van der Waals surface area contributed by atoms with Gasteiger partial charge in [0.2, 0.25) is 5.91 Å². The Balaban J connectivity index is 1.75. The summed E-state index contributed by atoms with van der Waals surface area (Å²) >= 11 is 1.93. The predicted octanol–water partition coefficient (Wildman–Crippen LogP) is 0.654. The van der Waals surface area contributed by atoms with Crippen LogP contribution in [0.3, 0.4) is 0 Å². The Morgan fingerprint density at radius 3 is 3.00 bits per heavy atom. The Kier molecular flexibility index (Phi) is 4.42. The van der Waals surface area contributed by atoms with E-state index in [-0.39, 0.29) is 11.8 Å². The fraction of sp³-hybridized carbons (Fsp3) is 0.727. The fourth-order valence-corrected chi connectivity index (χ4v) is 3.15. The maximum Gasteiger partial charge on any atom is 0.267 e. The van der Waals surface area contributed by atoms with E-state index < -0.39 is 0 Å². The zero-order chi connectivity index (χ0) is 12.1. The Morgan fingerprint density at radius 1 is 1.47 bits per heavy atom. The summed E-state index contributed by atoms with van der Waals surface area (Å²) in [6.07, 6.45) is 4.51. The van der Waals surface area contributed by atoms with Crippen molar-refractivity contribution in [1.82, 2.24) is 10.7 Å². The highest BCUT2D eigenvalue weighted by molar-refractivity contribution is 7.99. The molecule has 0 spiro atoms. The van der Waals surface area contributed by atoms with Crippen LogP contribution >= 0.6 is 11.8 Å². The highest BCUT2D eigenvalue weighted by Crippen LogP contribution is 2.24. The molecule has 0 aromatic heterocycles. The van der Waals surface area contributed by atoms with Gasteiger partial charge in [-0.2, -0.15) is 16.9 Å². The molecule has 0 bridgehead atoms. The van der Waals surface area contributed by atoms with Gasteiger partial charge in [0.25, 0.3) is 5.91 Å². The van der Waals surface area contributed by atoms with Crippen molar-refractivity contribution in [2.75, 3.05) is 12.3 Å². The van der Waals surface area contributed by atoms with Gasteiger partial charge in [-0.25, -0.2) is 5.43 Å². The minimum atomic E-state index is -0.142. The molecular weight excluding hydrogens is 238 g/mol. The number of amides is 2. The van der Waals surface area contributed by atoms with Gasteiger partial charge < -0.3 is 5.32 Å². The molecule has 1 saturated heterocycles. The van der Waals surface area contributed by atoms with Crippen LogP contribution in [0.4, 0.5) is 0 Å². The Bertz CT molecular complexity index is 338. The van der Waals surface area contributed by atoms with Crippen LogP contribution in [-0.4, -0.2) is 35.1 Å². The highest BCUT2D eigenvalue weighted by Gasteiger charge is 2.20. The van der Waals surface area contributed by atoms with Gasteiger partial charge in [0, 0.05) is 24.6 Å². The summed E-state index contributed by atoms with van der Waals surface area (Å²) in [7, 11) is 0. The van der Waals surface area contributed by atoms with Crippen LogP contribution in [-0.2, 0) is 9.59 Å². The summed E-state index contributed by atoms with van der Waals surface area (Å²) in [4.78, 5) is 22.6. The Hall–Kier alpha value is -1.04. The fourth-order valence-electron chi connectivity index (χ4n) is 1.91. The van der Waals surface area contributed by atoms with Crippen LogP contribution in [0.25, 0.3) is 0 Å². The minimum Gasteiger partial charge on any atom is -0.350 e. The molecule has 0 radical (unpaired) electrons. The zero-order valence-corrected chi connectivity index (χ0v) is 10.5. The third-order valence-corrected chi connectivity index (χ3v) is 4.33. The van der Waals surface area contributed by atoms with E-state index in [1.54, 1.807) is 0 Å². The Labute approximate surface area is 105 Å². The van der Waals surface area contributed by atoms with Crippen LogP contribution in [0.5, 0.6) is 0 Å². The van der Waals surface area contributed by atoms with Crippen molar-refractivity contribution in [3.8, 4) is 0 Å². The molecule has 94 valence electrons. The molecule has 1 unspecified atom stereocenters. The van der Waals surface area contributed by atoms with Crippen LogP contribution in [0.15, 0.2) is 5.10 Å². The molecule has 0 aromatic rings. The van der Waals surface area contributed by atoms with E-state index in [2.05, 4.69) is 15.8 Å². The summed E-state index contributed by atoms with van der Waals surface area (Å²) in [5.74, 6) is 0.929.